The molecule has 7 heteroatoms. The molecule has 2 aromatic heterocycles. The first kappa shape index (κ1) is 17.9. The summed E-state index contributed by atoms with van der Waals surface area (Å²) in [5.41, 5.74) is 2.59. The van der Waals surface area contributed by atoms with Gasteiger partial charge in [-0.15, -0.1) is 10.2 Å². The Hall–Kier alpha value is -2.54. The molecule has 0 atom stereocenters. The number of amides is 1. The number of benzene rings is 1. The number of nitrogens with zero attached hydrogens (tertiary/aromatic N) is 4. The summed E-state index contributed by atoms with van der Waals surface area (Å²) in [5.74, 6) is 1.86. The molecular formula is C20H22N4O2S. The van der Waals surface area contributed by atoms with Crippen LogP contribution in [0.1, 0.15) is 31.0 Å². The number of carbonyl (C=O) groups excluding carboxylic acids is 1. The molecule has 1 amide bonds. The molecule has 0 aliphatic carbocycles. The maximum absolute atomic E-state index is 12.7. The van der Waals surface area contributed by atoms with Gasteiger partial charge in [0.2, 0.25) is 11.7 Å². The van der Waals surface area contributed by atoms with E-state index in [0.29, 0.717) is 23.9 Å². The van der Waals surface area contributed by atoms with Crippen molar-refractivity contribution in [3.8, 4) is 11.6 Å². The highest BCUT2D eigenvalue weighted by Crippen LogP contribution is 2.28. The Labute approximate surface area is 162 Å². The number of thioether (sulfide) groups is 1. The third-order valence-corrected chi connectivity index (χ3v) is 5.66. The van der Waals surface area contributed by atoms with E-state index in [2.05, 4.69) is 42.2 Å². The first-order valence-electron chi connectivity index (χ1n) is 9.09. The van der Waals surface area contributed by atoms with Crippen LogP contribution in [0, 0.1) is 0 Å². The minimum absolute atomic E-state index is 0.132. The molecule has 140 valence electrons. The largest absolute Gasteiger partial charge is 0.461 e. The van der Waals surface area contributed by atoms with Crippen molar-refractivity contribution in [2.75, 3.05) is 12.3 Å². The molecule has 0 unspecified atom stereocenters. The second kappa shape index (κ2) is 7.60. The van der Waals surface area contributed by atoms with E-state index in [1.165, 1.54) is 22.9 Å². The first-order chi connectivity index (χ1) is 13.1. The standard InChI is InChI=1S/C20H22N4O2S/c1-14(2)24-19(17-8-5-11-26-17)21-22-20(24)27-13-18(25)23-10-9-15-6-3-4-7-16(15)12-23/h3-8,11,14H,9-10,12-13H2,1-2H3. The minimum atomic E-state index is 0.132. The number of rotatable bonds is 5. The lowest BCUT2D eigenvalue weighted by Gasteiger charge is -2.28. The van der Waals surface area contributed by atoms with Gasteiger partial charge >= 0.3 is 0 Å². The molecule has 3 heterocycles. The van der Waals surface area contributed by atoms with Crippen molar-refractivity contribution >= 4 is 17.7 Å². The summed E-state index contributed by atoms with van der Waals surface area (Å²) in [5, 5.41) is 9.30. The minimum Gasteiger partial charge on any atom is -0.461 e. The predicted molar refractivity (Wildman–Crippen MR) is 104 cm³/mol. The summed E-state index contributed by atoms with van der Waals surface area (Å²) in [7, 11) is 0. The summed E-state index contributed by atoms with van der Waals surface area (Å²) in [6.07, 6.45) is 2.54. The lowest BCUT2D eigenvalue weighted by atomic mass is 10.00. The van der Waals surface area contributed by atoms with E-state index in [-0.39, 0.29) is 11.9 Å². The molecule has 0 saturated heterocycles. The van der Waals surface area contributed by atoms with Gasteiger partial charge in [0.25, 0.3) is 0 Å². The maximum Gasteiger partial charge on any atom is 0.233 e. The molecule has 0 radical (unpaired) electrons. The average molecular weight is 382 g/mol. The van der Waals surface area contributed by atoms with E-state index in [0.717, 1.165) is 18.1 Å². The number of carbonyl (C=O) groups is 1. The van der Waals surface area contributed by atoms with Gasteiger partial charge in [-0.25, -0.2) is 0 Å². The van der Waals surface area contributed by atoms with Gasteiger partial charge in [0.1, 0.15) is 0 Å². The third kappa shape index (κ3) is 3.64. The van der Waals surface area contributed by atoms with E-state index in [4.69, 9.17) is 4.42 Å². The Bertz CT molecular complexity index is 933. The molecule has 0 spiro atoms. The molecule has 0 N–H and O–H groups in total. The number of fused-ring (bicyclic) bond motifs is 1. The zero-order valence-corrected chi connectivity index (χ0v) is 16.3. The van der Waals surface area contributed by atoms with Crippen molar-refractivity contribution < 1.29 is 9.21 Å². The van der Waals surface area contributed by atoms with E-state index in [9.17, 15) is 4.79 Å². The fraction of sp³-hybridized carbons (Fsp3) is 0.350. The van der Waals surface area contributed by atoms with Gasteiger partial charge in [0.05, 0.1) is 12.0 Å². The summed E-state index contributed by atoms with van der Waals surface area (Å²) in [6, 6.07) is 12.2. The van der Waals surface area contributed by atoms with Crippen LogP contribution in [0.4, 0.5) is 0 Å². The van der Waals surface area contributed by atoms with Crippen LogP contribution in [0.3, 0.4) is 0 Å². The lowest BCUT2D eigenvalue weighted by Crippen LogP contribution is -2.37. The van der Waals surface area contributed by atoms with Crippen LogP contribution in [-0.4, -0.2) is 37.9 Å². The highest BCUT2D eigenvalue weighted by Gasteiger charge is 2.23. The maximum atomic E-state index is 12.7. The second-order valence-corrected chi connectivity index (χ2v) is 7.81. The summed E-state index contributed by atoms with van der Waals surface area (Å²) in [6.45, 7) is 5.60. The molecular weight excluding hydrogens is 360 g/mol. The van der Waals surface area contributed by atoms with Gasteiger partial charge in [-0.05, 0) is 43.5 Å². The lowest BCUT2D eigenvalue weighted by molar-refractivity contribution is -0.129. The SMILES string of the molecule is CC(C)n1c(SCC(=O)N2CCc3ccccc3C2)nnc1-c1ccco1. The van der Waals surface area contributed by atoms with Crippen LogP contribution < -0.4 is 0 Å². The fourth-order valence-electron chi connectivity index (χ4n) is 3.34. The highest BCUT2D eigenvalue weighted by atomic mass is 32.2. The molecule has 27 heavy (non-hydrogen) atoms. The summed E-state index contributed by atoms with van der Waals surface area (Å²) >= 11 is 1.43. The van der Waals surface area contributed by atoms with Crippen molar-refractivity contribution in [3.05, 3.63) is 53.8 Å². The van der Waals surface area contributed by atoms with E-state index < -0.39 is 0 Å². The molecule has 0 fully saturated rings. The molecule has 0 bridgehead atoms. The Morgan fingerprint density at radius 2 is 2.00 bits per heavy atom. The van der Waals surface area contributed by atoms with Crippen molar-refractivity contribution in [1.82, 2.24) is 19.7 Å². The molecule has 1 aliphatic heterocycles. The van der Waals surface area contributed by atoms with Crippen LogP contribution in [0.5, 0.6) is 0 Å². The Kier molecular flexibility index (Phi) is 5.03. The van der Waals surface area contributed by atoms with Crippen LogP contribution in [0.25, 0.3) is 11.6 Å². The molecule has 6 nitrogen and oxygen atoms in total. The van der Waals surface area contributed by atoms with Crippen LogP contribution >= 0.6 is 11.8 Å². The monoisotopic (exact) mass is 382 g/mol. The highest BCUT2D eigenvalue weighted by molar-refractivity contribution is 7.99. The van der Waals surface area contributed by atoms with E-state index in [1.807, 2.05) is 27.7 Å². The second-order valence-electron chi connectivity index (χ2n) is 6.87. The molecule has 1 aromatic carbocycles. The number of aromatic nitrogens is 3. The predicted octanol–water partition coefficient (Wildman–Crippen LogP) is 3.80. The zero-order chi connectivity index (χ0) is 18.8. The van der Waals surface area contributed by atoms with Crippen molar-refractivity contribution in [1.29, 1.82) is 0 Å². The molecule has 0 saturated carbocycles. The molecule has 1 aliphatic rings. The van der Waals surface area contributed by atoms with Crippen molar-refractivity contribution in [2.45, 2.75) is 38.0 Å². The van der Waals surface area contributed by atoms with E-state index >= 15 is 0 Å². The quantitative estimate of drug-likeness (QED) is 0.628. The number of hydrogen-bond acceptors (Lipinski definition) is 5. The summed E-state index contributed by atoms with van der Waals surface area (Å²) < 4.78 is 7.49. The topological polar surface area (TPSA) is 64.2 Å². The normalized spacial score (nSPS) is 13.8. The smallest absolute Gasteiger partial charge is 0.233 e. The van der Waals surface area contributed by atoms with Gasteiger partial charge in [0.15, 0.2) is 10.9 Å². The van der Waals surface area contributed by atoms with Crippen molar-refractivity contribution in [2.24, 2.45) is 0 Å². The third-order valence-electron chi connectivity index (χ3n) is 4.73. The molecule has 3 aromatic rings. The number of furan rings is 1. The van der Waals surface area contributed by atoms with Gasteiger partial charge < -0.3 is 9.32 Å². The van der Waals surface area contributed by atoms with Gasteiger partial charge in [-0.2, -0.15) is 0 Å². The fourth-order valence-corrected chi connectivity index (χ4v) is 4.31. The van der Waals surface area contributed by atoms with Crippen LogP contribution in [-0.2, 0) is 17.8 Å². The van der Waals surface area contributed by atoms with E-state index in [1.54, 1.807) is 6.26 Å². The van der Waals surface area contributed by atoms with Gasteiger partial charge in [-0.1, -0.05) is 36.0 Å². The Morgan fingerprint density at radius 1 is 1.19 bits per heavy atom. The van der Waals surface area contributed by atoms with Crippen LogP contribution in [0.15, 0.2) is 52.2 Å². The van der Waals surface area contributed by atoms with Crippen molar-refractivity contribution in [3.63, 3.8) is 0 Å². The Balaban J connectivity index is 1.45. The zero-order valence-electron chi connectivity index (χ0n) is 15.5. The van der Waals surface area contributed by atoms with Crippen LogP contribution in [0.2, 0.25) is 0 Å². The first-order valence-corrected chi connectivity index (χ1v) is 10.1. The summed E-state index contributed by atoms with van der Waals surface area (Å²) in [4.78, 5) is 14.7. The average Bonchev–Trinajstić information content (AvgIpc) is 3.35. The Morgan fingerprint density at radius 3 is 2.74 bits per heavy atom. The molecule has 4 rings (SSSR count). The van der Waals surface area contributed by atoms with Gasteiger partial charge in [-0.3, -0.25) is 9.36 Å². The van der Waals surface area contributed by atoms with Gasteiger partial charge in [0, 0.05) is 19.1 Å². The number of hydrogen-bond donors (Lipinski definition) is 0.